The molecule has 2 N–H and O–H groups in total. The number of aromatic nitrogens is 2. The van der Waals surface area contributed by atoms with Gasteiger partial charge >= 0.3 is 0 Å². The van der Waals surface area contributed by atoms with Crippen molar-refractivity contribution in [3.05, 3.63) is 42.2 Å². The van der Waals surface area contributed by atoms with Gasteiger partial charge in [0.05, 0.1) is 12.2 Å². The van der Waals surface area contributed by atoms with Crippen LogP contribution in [0.15, 0.2) is 36.7 Å². The van der Waals surface area contributed by atoms with E-state index in [4.69, 9.17) is 15.7 Å². The number of hydrogen-bond acceptors (Lipinski definition) is 4. The molecule has 2 aromatic rings. The fourth-order valence-electron chi connectivity index (χ4n) is 1.47. The lowest BCUT2D eigenvalue weighted by Gasteiger charge is -2.09. The van der Waals surface area contributed by atoms with Crippen molar-refractivity contribution >= 4 is 5.69 Å². The molecule has 0 aliphatic carbocycles. The average Bonchev–Trinajstić information content (AvgIpc) is 2.82. The zero-order valence-corrected chi connectivity index (χ0v) is 9.21. The predicted octanol–water partition coefficient (Wildman–Crippen LogP) is 1.42. The van der Waals surface area contributed by atoms with Gasteiger partial charge in [-0.25, -0.2) is 0 Å². The first-order chi connectivity index (χ1) is 8.31. The second-order valence-corrected chi connectivity index (χ2v) is 3.45. The monoisotopic (exact) mass is 228 g/mol. The molecular weight excluding hydrogens is 216 g/mol. The predicted molar refractivity (Wildman–Crippen MR) is 63.3 cm³/mol. The van der Waals surface area contributed by atoms with E-state index >= 15 is 0 Å². The van der Waals surface area contributed by atoms with Crippen molar-refractivity contribution in [2.24, 2.45) is 0 Å². The third-order valence-corrected chi connectivity index (χ3v) is 2.31. The van der Waals surface area contributed by atoms with Gasteiger partial charge in [0.2, 0.25) is 0 Å². The molecule has 0 radical (unpaired) electrons. The molecule has 86 valence electrons. The van der Waals surface area contributed by atoms with Gasteiger partial charge in [0, 0.05) is 12.4 Å². The summed E-state index contributed by atoms with van der Waals surface area (Å²) in [5, 5.41) is 13.0. The number of nitrogen functional groups attached to an aromatic ring is 1. The molecule has 0 unspecified atom stereocenters. The molecule has 0 aliphatic heterocycles. The highest BCUT2D eigenvalue weighted by atomic mass is 16.5. The summed E-state index contributed by atoms with van der Waals surface area (Å²) in [6.07, 6.45) is 3.56. The van der Waals surface area contributed by atoms with E-state index in [1.165, 1.54) is 0 Å². The number of nitrogens with zero attached hydrogens (tertiary/aromatic N) is 3. The molecule has 1 heterocycles. The van der Waals surface area contributed by atoms with Crippen LogP contribution in [0.3, 0.4) is 0 Å². The van der Waals surface area contributed by atoms with E-state index in [0.29, 0.717) is 30.2 Å². The highest BCUT2D eigenvalue weighted by molar-refractivity contribution is 5.60. The fourth-order valence-corrected chi connectivity index (χ4v) is 1.47. The van der Waals surface area contributed by atoms with E-state index in [1.54, 1.807) is 29.1 Å². The van der Waals surface area contributed by atoms with Crippen LogP contribution >= 0.6 is 0 Å². The molecule has 5 nitrogen and oxygen atoms in total. The zero-order valence-electron chi connectivity index (χ0n) is 9.21. The highest BCUT2D eigenvalue weighted by Gasteiger charge is 2.06. The summed E-state index contributed by atoms with van der Waals surface area (Å²) >= 11 is 0. The molecular formula is C12H12N4O. The second kappa shape index (κ2) is 5.03. The van der Waals surface area contributed by atoms with Crippen LogP contribution in [-0.2, 0) is 6.54 Å². The lowest BCUT2D eigenvalue weighted by Crippen LogP contribution is -2.09. The van der Waals surface area contributed by atoms with Crippen molar-refractivity contribution in [2.45, 2.75) is 6.54 Å². The number of ether oxygens (including phenoxy) is 1. The van der Waals surface area contributed by atoms with E-state index in [-0.39, 0.29) is 0 Å². The molecule has 0 saturated heterocycles. The third-order valence-electron chi connectivity index (χ3n) is 2.31. The number of anilines is 1. The number of nitriles is 1. The molecule has 0 bridgehead atoms. The Bertz CT molecular complexity index is 528. The van der Waals surface area contributed by atoms with Crippen LogP contribution in [0.5, 0.6) is 5.75 Å². The first-order valence-corrected chi connectivity index (χ1v) is 5.20. The Hall–Kier alpha value is -2.48. The van der Waals surface area contributed by atoms with E-state index < -0.39 is 0 Å². The van der Waals surface area contributed by atoms with Gasteiger partial charge in [0.1, 0.15) is 24.0 Å². The summed E-state index contributed by atoms with van der Waals surface area (Å²) < 4.78 is 7.28. The van der Waals surface area contributed by atoms with Crippen molar-refractivity contribution < 1.29 is 4.74 Å². The van der Waals surface area contributed by atoms with Crippen molar-refractivity contribution in [1.82, 2.24) is 9.78 Å². The van der Waals surface area contributed by atoms with Crippen LogP contribution in [0.1, 0.15) is 5.56 Å². The smallest absolute Gasteiger partial charge is 0.139 e. The quantitative estimate of drug-likeness (QED) is 0.803. The Labute approximate surface area is 99.0 Å². The third kappa shape index (κ3) is 2.55. The van der Waals surface area contributed by atoms with Gasteiger partial charge in [-0.3, -0.25) is 4.68 Å². The van der Waals surface area contributed by atoms with E-state index in [9.17, 15) is 0 Å². The van der Waals surface area contributed by atoms with E-state index in [0.717, 1.165) is 0 Å². The first kappa shape index (κ1) is 11.0. The molecule has 0 atom stereocenters. The van der Waals surface area contributed by atoms with Crippen LogP contribution in [-0.4, -0.2) is 16.4 Å². The second-order valence-electron chi connectivity index (χ2n) is 3.45. The molecule has 5 heteroatoms. The summed E-state index contributed by atoms with van der Waals surface area (Å²) in [5.74, 6) is 0.514. The normalized spacial score (nSPS) is 9.82. The lowest BCUT2D eigenvalue weighted by molar-refractivity contribution is 0.290. The van der Waals surface area contributed by atoms with Crippen LogP contribution in [0.25, 0.3) is 0 Å². The molecule has 0 fully saturated rings. The van der Waals surface area contributed by atoms with Crippen molar-refractivity contribution in [2.75, 3.05) is 12.3 Å². The van der Waals surface area contributed by atoms with Crippen LogP contribution < -0.4 is 10.5 Å². The van der Waals surface area contributed by atoms with Crippen LogP contribution in [0.4, 0.5) is 5.69 Å². The fraction of sp³-hybridized carbons (Fsp3) is 0.167. The SMILES string of the molecule is N#Cc1c(N)cccc1OCCn1cccn1. The first-order valence-electron chi connectivity index (χ1n) is 5.20. The zero-order chi connectivity index (χ0) is 12.1. The van der Waals surface area contributed by atoms with Crippen LogP contribution in [0.2, 0.25) is 0 Å². The average molecular weight is 228 g/mol. The van der Waals surface area contributed by atoms with E-state index in [1.807, 2.05) is 18.3 Å². The summed E-state index contributed by atoms with van der Waals surface area (Å²) in [5.41, 5.74) is 6.49. The molecule has 0 spiro atoms. The van der Waals surface area contributed by atoms with Gasteiger partial charge in [-0.1, -0.05) is 6.07 Å². The van der Waals surface area contributed by atoms with Gasteiger partial charge in [-0.05, 0) is 18.2 Å². The van der Waals surface area contributed by atoms with Crippen molar-refractivity contribution in [3.8, 4) is 11.8 Å². The highest BCUT2D eigenvalue weighted by Crippen LogP contribution is 2.22. The Morgan fingerprint density at radius 3 is 3.00 bits per heavy atom. The Morgan fingerprint density at radius 1 is 1.41 bits per heavy atom. The summed E-state index contributed by atoms with van der Waals surface area (Å²) in [7, 11) is 0. The minimum Gasteiger partial charge on any atom is -0.490 e. The molecule has 1 aromatic heterocycles. The van der Waals surface area contributed by atoms with E-state index in [2.05, 4.69) is 5.10 Å². The Balaban J connectivity index is 2.00. The van der Waals surface area contributed by atoms with Gasteiger partial charge in [-0.15, -0.1) is 0 Å². The summed E-state index contributed by atoms with van der Waals surface area (Å²) in [6.45, 7) is 1.08. The number of benzene rings is 1. The van der Waals surface area contributed by atoms with Gasteiger partial charge in [0.25, 0.3) is 0 Å². The lowest BCUT2D eigenvalue weighted by atomic mass is 10.2. The van der Waals surface area contributed by atoms with Gasteiger partial charge in [-0.2, -0.15) is 10.4 Å². The molecule has 2 rings (SSSR count). The summed E-state index contributed by atoms with van der Waals surface area (Å²) in [6, 6.07) is 9.06. The number of nitrogens with two attached hydrogens (primary N) is 1. The molecule has 0 saturated carbocycles. The van der Waals surface area contributed by atoms with Crippen LogP contribution in [0, 0.1) is 11.3 Å². The maximum Gasteiger partial charge on any atom is 0.139 e. The number of rotatable bonds is 4. The summed E-state index contributed by atoms with van der Waals surface area (Å²) in [4.78, 5) is 0. The molecule has 0 amide bonds. The Morgan fingerprint density at radius 2 is 2.29 bits per heavy atom. The van der Waals surface area contributed by atoms with Crippen molar-refractivity contribution in [1.29, 1.82) is 5.26 Å². The molecule has 1 aromatic carbocycles. The largest absolute Gasteiger partial charge is 0.490 e. The standard InChI is InChI=1S/C12H12N4O/c13-9-10-11(14)3-1-4-12(10)17-8-7-16-6-2-5-15-16/h1-6H,7-8,14H2. The topological polar surface area (TPSA) is 76.9 Å². The number of hydrogen-bond donors (Lipinski definition) is 1. The Kier molecular flexibility index (Phi) is 3.26. The maximum atomic E-state index is 8.96. The van der Waals surface area contributed by atoms with Gasteiger partial charge < -0.3 is 10.5 Å². The van der Waals surface area contributed by atoms with Gasteiger partial charge in [0.15, 0.2) is 0 Å². The molecule has 0 aliphatic rings. The maximum absolute atomic E-state index is 8.96. The minimum absolute atomic E-state index is 0.382. The molecule has 17 heavy (non-hydrogen) atoms. The minimum atomic E-state index is 0.382. The van der Waals surface area contributed by atoms with Crippen molar-refractivity contribution in [3.63, 3.8) is 0 Å².